The van der Waals surface area contributed by atoms with Gasteiger partial charge < -0.3 is 19.9 Å². The molecule has 1 aliphatic heterocycles. The number of pyridine rings is 1. The Kier molecular flexibility index (Phi) is 5.44. The van der Waals surface area contributed by atoms with Crippen molar-refractivity contribution >= 4 is 33.8 Å². The van der Waals surface area contributed by atoms with Crippen LogP contribution in [0.1, 0.15) is 49.0 Å². The highest BCUT2D eigenvalue weighted by atomic mass is 16.5. The smallest absolute Gasteiger partial charge is 0.270 e. The minimum Gasteiger partial charge on any atom is -0.491 e. The van der Waals surface area contributed by atoms with Gasteiger partial charge in [0.05, 0.1) is 17.9 Å². The minimum atomic E-state index is -0.132. The lowest BCUT2D eigenvalue weighted by atomic mass is 10.1. The summed E-state index contributed by atoms with van der Waals surface area (Å²) in [6.45, 7) is 1.37. The van der Waals surface area contributed by atoms with Crippen molar-refractivity contribution in [2.24, 2.45) is 0 Å². The number of imidazole rings is 1. The lowest BCUT2D eigenvalue weighted by molar-refractivity contribution is 0.0932. The zero-order valence-corrected chi connectivity index (χ0v) is 18.9. The molecular formula is C25H27N7O2. The van der Waals surface area contributed by atoms with E-state index in [4.69, 9.17) is 4.74 Å². The number of hydrogen-bond acceptors (Lipinski definition) is 7. The summed E-state index contributed by atoms with van der Waals surface area (Å²) in [4.78, 5) is 36.0. The Morgan fingerprint density at radius 2 is 2.00 bits per heavy atom. The first-order chi connectivity index (χ1) is 16.8. The summed E-state index contributed by atoms with van der Waals surface area (Å²) in [5, 5.41) is 4.04. The number of carbonyl (C=O) groups is 1. The van der Waals surface area contributed by atoms with E-state index >= 15 is 0 Å². The minimum absolute atomic E-state index is 0.132. The van der Waals surface area contributed by atoms with Crippen molar-refractivity contribution in [2.45, 2.75) is 50.6 Å². The van der Waals surface area contributed by atoms with E-state index in [2.05, 4.69) is 35.1 Å². The molecule has 2 N–H and O–H groups in total. The number of aromatic amines is 1. The molecular weight excluding hydrogens is 430 g/mol. The summed E-state index contributed by atoms with van der Waals surface area (Å²) in [5.74, 6) is 1.38. The van der Waals surface area contributed by atoms with Crippen molar-refractivity contribution in [3.8, 4) is 5.75 Å². The quantitative estimate of drug-likeness (QED) is 0.455. The summed E-state index contributed by atoms with van der Waals surface area (Å²) in [7, 11) is 0. The molecule has 1 amide bonds. The van der Waals surface area contributed by atoms with Crippen LogP contribution in [0.2, 0.25) is 0 Å². The van der Waals surface area contributed by atoms with Crippen LogP contribution >= 0.6 is 0 Å². The summed E-state index contributed by atoms with van der Waals surface area (Å²) in [6.07, 6.45) is 9.66. The van der Waals surface area contributed by atoms with Gasteiger partial charge in [-0.25, -0.2) is 19.9 Å². The molecule has 1 saturated heterocycles. The fraction of sp³-hybridized carbons (Fsp3) is 0.400. The van der Waals surface area contributed by atoms with Crippen LogP contribution in [0.15, 0.2) is 43.0 Å². The summed E-state index contributed by atoms with van der Waals surface area (Å²) in [6, 6.07) is 9.97. The molecule has 0 unspecified atom stereocenters. The van der Waals surface area contributed by atoms with Gasteiger partial charge in [-0.3, -0.25) is 4.79 Å². The summed E-state index contributed by atoms with van der Waals surface area (Å²) < 4.78 is 6.38. The summed E-state index contributed by atoms with van der Waals surface area (Å²) >= 11 is 0. The highest BCUT2D eigenvalue weighted by Crippen LogP contribution is 2.30. The van der Waals surface area contributed by atoms with Gasteiger partial charge in [-0.1, -0.05) is 25.0 Å². The van der Waals surface area contributed by atoms with Crippen LogP contribution in [0.5, 0.6) is 5.75 Å². The highest BCUT2D eigenvalue weighted by Gasteiger charge is 2.29. The van der Waals surface area contributed by atoms with Gasteiger partial charge in [-0.2, -0.15) is 0 Å². The van der Waals surface area contributed by atoms with E-state index in [1.807, 2.05) is 24.3 Å². The van der Waals surface area contributed by atoms with Crippen LogP contribution in [0.25, 0.3) is 22.1 Å². The molecule has 6 rings (SSSR count). The van der Waals surface area contributed by atoms with Gasteiger partial charge in [0.1, 0.15) is 29.9 Å². The molecule has 1 aromatic carbocycles. The predicted octanol–water partition coefficient (Wildman–Crippen LogP) is 3.62. The number of fused-ring (bicyclic) bond motifs is 2. The van der Waals surface area contributed by atoms with Crippen LogP contribution in [0.4, 0.5) is 5.82 Å². The molecule has 9 nitrogen and oxygen atoms in total. The SMILES string of the molecule is O=C(NC1CCCC1)c1cc(OC[C@H]2CCCN2c2ncnc3[nH]cnc23)c2ccccc2n1. The average Bonchev–Trinajstić information content (AvgIpc) is 3.64. The van der Waals surface area contributed by atoms with E-state index in [0.717, 1.165) is 60.1 Å². The number of para-hydroxylation sites is 1. The third-order valence-electron chi connectivity index (χ3n) is 6.88. The molecule has 4 aromatic rings. The Balaban J connectivity index is 1.25. The molecule has 1 saturated carbocycles. The first-order valence-corrected chi connectivity index (χ1v) is 12.0. The van der Waals surface area contributed by atoms with Crippen molar-refractivity contribution in [2.75, 3.05) is 18.1 Å². The number of carbonyl (C=O) groups excluding carboxylic acids is 1. The third-order valence-corrected chi connectivity index (χ3v) is 6.88. The van der Waals surface area contributed by atoms with Gasteiger partial charge in [0.15, 0.2) is 11.5 Å². The molecule has 0 bridgehead atoms. The molecule has 2 fully saturated rings. The second-order valence-electron chi connectivity index (χ2n) is 9.08. The maximum Gasteiger partial charge on any atom is 0.270 e. The van der Waals surface area contributed by atoms with Crippen LogP contribution in [-0.2, 0) is 0 Å². The van der Waals surface area contributed by atoms with Gasteiger partial charge in [0, 0.05) is 24.0 Å². The average molecular weight is 458 g/mol. The van der Waals surface area contributed by atoms with Crippen LogP contribution < -0.4 is 15.0 Å². The fourth-order valence-electron chi connectivity index (χ4n) is 5.14. The fourth-order valence-corrected chi connectivity index (χ4v) is 5.14. The molecule has 1 atom stereocenters. The van der Waals surface area contributed by atoms with Crippen LogP contribution in [0.3, 0.4) is 0 Å². The number of aromatic nitrogens is 5. The standard InChI is InChI=1S/C25H27N7O2/c33-25(30-16-6-1-2-7-16)20-12-21(18-9-3-4-10-19(18)31-20)34-13-17-8-5-11-32(17)24-22-23(27-14-26-22)28-15-29-24/h3-4,9-10,12,14-17H,1-2,5-8,11,13H2,(H,30,33)(H,26,27,28,29)/t17-/m1/s1. The maximum atomic E-state index is 12.9. The number of benzene rings is 1. The molecule has 0 radical (unpaired) electrons. The van der Waals surface area contributed by atoms with Gasteiger partial charge in [0.2, 0.25) is 0 Å². The van der Waals surface area contributed by atoms with Gasteiger partial charge in [-0.05, 0) is 37.8 Å². The number of hydrogen-bond donors (Lipinski definition) is 2. The number of nitrogens with zero attached hydrogens (tertiary/aromatic N) is 5. The molecule has 9 heteroatoms. The normalized spacial score (nSPS) is 18.7. The topological polar surface area (TPSA) is 109 Å². The van der Waals surface area contributed by atoms with E-state index in [0.29, 0.717) is 18.1 Å². The first-order valence-electron chi connectivity index (χ1n) is 12.0. The molecule has 0 spiro atoms. The molecule has 174 valence electrons. The van der Waals surface area contributed by atoms with Crippen molar-refractivity contribution in [1.82, 2.24) is 30.2 Å². The van der Waals surface area contributed by atoms with Gasteiger partial charge in [-0.15, -0.1) is 0 Å². The Bertz CT molecular complexity index is 1330. The van der Waals surface area contributed by atoms with E-state index in [9.17, 15) is 4.79 Å². The van der Waals surface area contributed by atoms with Crippen molar-refractivity contribution in [1.29, 1.82) is 0 Å². The van der Waals surface area contributed by atoms with E-state index < -0.39 is 0 Å². The molecule has 2 aliphatic rings. The summed E-state index contributed by atoms with van der Waals surface area (Å²) in [5.41, 5.74) is 2.66. The van der Waals surface area contributed by atoms with E-state index in [1.54, 1.807) is 18.7 Å². The number of amides is 1. The zero-order chi connectivity index (χ0) is 22.9. The largest absolute Gasteiger partial charge is 0.491 e. The molecule has 1 aliphatic carbocycles. The van der Waals surface area contributed by atoms with Crippen LogP contribution in [-0.4, -0.2) is 56.1 Å². The molecule has 34 heavy (non-hydrogen) atoms. The van der Waals surface area contributed by atoms with Crippen molar-refractivity contribution < 1.29 is 9.53 Å². The number of rotatable bonds is 6. The second-order valence-corrected chi connectivity index (χ2v) is 9.08. The number of H-pyrrole nitrogens is 1. The lowest BCUT2D eigenvalue weighted by Gasteiger charge is -2.26. The number of nitrogens with one attached hydrogen (secondary N) is 2. The Labute approximate surface area is 197 Å². The van der Waals surface area contributed by atoms with Gasteiger partial charge >= 0.3 is 0 Å². The number of ether oxygens (including phenoxy) is 1. The Hall–Kier alpha value is -3.75. The third kappa shape index (κ3) is 3.91. The Morgan fingerprint density at radius 1 is 1.12 bits per heavy atom. The Morgan fingerprint density at radius 3 is 2.91 bits per heavy atom. The lowest BCUT2D eigenvalue weighted by Crippen LogP contribution is -2.35. The van der Waals surface area contributed by atoms with Crippen molar-refractivity contribution in [3.63, 3.8) is 0 Å². The zero-order valence-electron chi connectivity index (χ0n) is 18.9. The van der Waals surface area contributed by atoms with Gasteiger partial charge in [0.25, 0.3) is 5.91 Å². The first kappa shape index (κ1) is 20.8. The van der Waals surface area contributed by atoms with E-state index in [-0.39, 0.29) is 18.0 Å². The van der Waals surface area contributed by atoms with Crippen molar-refractivity contribution in [3.05, 3.63) is 48.7 Å². The highest BCUT2D eigenvalue weighted by molar-refractivity contribution is 5.97. The van der Waals surface area contributed by atoms with E-state index in [1.165, 1.54) is 12.8 Å². The predicted molar refractivity (Wildman–Crippen MR) is 129 cm³/mol. The molecule has 3 aromatic heterocycles. The molecule has 4 heterocycles. The number of anilines is 1. The second kappa shape index (κ2) is 8.89. The van der Waals surface area contributed by atoms with Crippen LogP contribution in [0, 0.1) is 0 Å². The monoisotopic (exact) mass is 457 g/mol. The maximum absolute atomic E-state index is 12.9.